The highest BCUT2D eigenvalue weighted by molar-refractivity contribution is 7.99. The number of hydrogen-bond donors (Lipinski definition) is 2. The Morgan fingerprint density at radius 1 is 1.43 bits per heavy atom. The summed E-state index contributed by atoms with van der Waals surface area (Å²) < 4.78 is 0. The van der Waals surface area contributed by atoms with Gasteiger partial charge in [0, 0.05) is 11.3 Å². The van der Waals surface area contributed by atoms with Gasteiger partial charge < -0.3 is 10.4 Å². The highest BCUT2D eigenvalue weighted by Gasteiger charge is 2.28. The Morgan fingerprint density at radius 3 is 2.86 bits per heavy atom. The van der Waals surface area contributed by atoms with Gasteiger partial charge in [0.1, 0.15) is 0 Å². The van der Waals surface area contributed by atoms with E-state index >= 15 is 0 Å². The van der Waals surface area contributed by atoms with Crippen molar-refractivity contribution in [2.24, 2.45) is 5.92 Å². The van der Waals surface area contributed by atoms with Gasteiger partial charge in [-0.15, -0.1) is 0 Å². The summed E-state index contributed by atoms with van der Waals surface area (Å²) in [5, 5.41) is 13.6. The second-order valence-electron chi connectivity index (χ2n) is 4.72. The van der Waals surface area contributed by atoms with Crippen LogP contribution in [-0.4, -0.2) is 34.8 Å². The SMILES string of the molecule is CC1SCCCC1NCC1CC(O)C1. The van der Waals surface area contributed by atoms with Crippen LogP contribution in [0.2, 0.25) is 0 Å². The lowest BCUT2D eigenvalue weighted by Gasteiger charge is -2.35. The van der Waals surface area contributed by atoms with Crippen LogP contribution in [0, 0.1) is 5.92 Å². The molecule has 0 aromatic heterocycles. The first kappa shape index (κ1) is 10.8. The Kier molecular flexibility index (Phi) is 3.74. The highest BCUT2D eigenvalue weighted by Crippen LogP contribution is 2.28. The predicted octanol–water partition coefficient (Wildman–Crippen LogP) is 1.63. The molecule has 1 aliphatic heterocycles. The minimum Gasteiger partial charge on any atom is -0.393 e. The first-order chi connectivity index (χ1) is 6.75. The second kappa shape index (κ2) is 4.86. The smallest absolute Gasteiger partial charge is 0.0546 e. The van der Waals surface area contributed by atoms with E-state index in [0.29, 0.717) is 6.04 Å². The highest BCUT2D eigenvalue weighted by atomic mass is 32.2. The zero-order chi connectivity index (χ0) is 9.97. The van der Waals surface area contributed by atoms with Gasteiger partial charge in [-0.25, -0.2) is 0 Å². The van der Waals surface area contributed by atoms with Crippen molar-refractivity contribution in [1.29, 1.82) is 0 Å². The van der Waals surface area contributed by atoms with E-state index in [2.05, 4.69) is 24.0 Å². The van der Waals surface area contributed by atoms with E-state index in [4.69, 9.17) is 0 Å². The molecule has 2 rings (SSSR count). The zero-order valence-electron chi connectivity index (χ0n) is 8.91. The van der Waals surface area contributed by atoms with Crippen LogP contribution in [0.3, 0.4) is 0 Å². The summed E-state index contributed by atoms with van der Waals surface area (Å²) in [5.74, 6) is 2.07. The summed E-state index contributed by atoms with van der Waals surface area (Å²) >= 11 is 2.09. The predicted molar refractivity (Wildman–Crippen MR) is 61.7 cm³/mol. The molecule has 2 aliphatic rings. The van der Waals surface area contributed by atoms with Gasteiger partial charge in [0.2, 0.25) is 0 Å². The Hall–Kier alpha value is 0.270. The molecule has 2 atom stereocenters. The molecule has 1 saturated carbocycles. The van der Waals surface area contributed by atoms with Crippen molar-refractivity contribution in [3.63, 3.8) is 0 Å². The van der Waals surface area contributed by atoms with Crippen LogP contribution in [0.1, 0.15) is 32.6 Å². The molecule has 3 heteroatoms. The molecule has 0 radical (unpaired) electrons. The zero-order valence-corrected chi connectivity index (χ0v) is 9.72. The van der Waals surface area contributed by atoms with Crippen LogP contribution in [-0.2, 0) is 0 Å². The Labute approximate surface area is 90.8 Å². The van der Waals surface area contributed by atoms with Crippen molar-refractivity contribution in [3.05, 3.63) is 0 Å². The molecule has 2 unspecified atom stereocenters. The third-order valence-electron chi connectivity index (χ3n) is 3.49. The summed E-state index contributed by atoms with van der Waals surface area (Å²) in [5.41, 5.74) is 0. The lowest BCUT2D eigenvalue weighted by Crippen LogP contribution is -2.44. The van der Waals surface area contributed by atoms with Gasteiger partial charge in [-0.05, 0) is 43.9 Å². The van der Waals surface area contributed by atoms with Crippen molar-refractivity contribution in [3.8, 4) is 0 Å². The van der Waals surface area contributed by atoms with Crippen molar-refractivity contribution < 1.29 is 5.11 Å². The third kappa shape index (κ3) is 2.65. The average Bonchev–Trinajstić information content (AvgIpc) is 2.13. The van der Waals surface area contributed by atoms with E-state index in [-0.39, 0.29) is 6.10 Å². The number of rotatable bonds is 3. The molecule has 1 saturated heterocycles. The number of aliphatic hydroxyl groups excluding tert-OH is 1. The van der Waals surface area contributed by atoms with Crippen molar-refractivity contribution in [2.75, 3.05) is 12.3 Å². The van der Waals surface area contributed by atoms with Crippen LogP contribution >= 0.6 is 11.8 Å². The van der Waals surface area contributed by atoms with E-state index in [1.807, 2.05) is 0 Å². The first-order valence-electron chi connectivity index (χ1n) is 5.78. The second-order valence-corrected chi connectivity index (χ2v) is 6.21. The van der Waals surface area contributed by atoms with Crippen molar-refractivity contribution in [1.82, 2.24) is 5.32 Å². The average molecular weight is 215 g/mol. The molecule has 0 spiro atoms. The lowest BCUT2D eigenvalue weighted by atomic mass is 9.82. The van der Waals surface area contributed by atoms with Gasteiger partial charge in [0.15, 0.2) is 0 Å². The molecule has 2 nitrogen and oxygen atoms in total. The minimum absolute atomic E-state index is 0.0000423. The molecular formula is C11H21NOS. The van der Waals surface area contributed by atoms with E-state index in [1.54, 1.807) is 0 Å². The lowest BCUT2D eigenvalue weighted by molar-refractivity contribution is 0.0417. The van der Waals surface area contributed by atoms with E-state index < -0.39 is 0 Å². The van der Waals surface area contributed by atoms with Crippen LogP contribution in [0.25, 0.3) is 0 Å². The Bertz CT molecular complexity index is 182. The van der Waals surface area contributed by atoms with E-state index in [0.717, 1.165) is 30.6 Å². The summed E-state index contributed by atoms with van der Waals surface area (Å²) in [6, 6.07) is 0.714. The summed E-state index contributed by atoms with van der Waals surface area (Å²) in [6.07, 6.45) is 4.73. The molecule has 0 bridgehead atoms. The van der Waals surface area contributed by atoms with Crippen LogP contribution in [0.5, 0.6) is 0 Å². The number of thioether (sulfide) groups is 1. The fraction of sp³-hybridized carbons (Fsp3) is 1.00. The van der Waals surface area contributed by atoms with Crippen LogP contribution in [0.15, 0.2) is 0 Å². The fourth-order valence-electron chi connectivity index (χ4n) is 2.38. The number of aliphatic hydroxyl groups is 1. The summed E-state index contributed by atoms with van der Waals surface area (Å²) in [6.45, 7) is 3.45. The van der Waals surface area contributed by atoms with E-state index in [9.17, 15) is 5.11 Å². The Morgan fingerprint density at radius 2 is 2.21 bits per heavy atom. The molecule has 0 amide bonds. The largest absolute Gasteiger partial charge is 0.393 e. The third-order valence-corrected chi connectivity index (χ3v) is 4.87. The maximum atomic E-state index is 9.18. The van der Waals surface area contributed by atoms with E-state index in [1.165, 1.54) is 18.6 Å². The van der Waals surface area contributed by atoms with Gasteiger partial charge >= 0.3 is 0 Å². The number of hydrogen-bond acceptors (Lipinski definition) is 3. The van der Waals surface area contributed by atoms with Gasteiger partial charge in [0.05, 0.1) is 6.10 Å². The van der Waals surface area contributed by atoms with Gasteiger partial charge in [-0.1, -0.05) is 6.92 Å². The van der Waals surface area contributed by atoms with Gasteiger partial charge in [-0.3, -0.25) is 0 Å². The van der Waals surface area contributed by atoms with Crippen LogP contribution in [0.4, 0.5) is 0 Å². The quantitative estimate of drug-likeness (QED) is 0.750. The molecule has 1 aliphatic carbocycles. The molecule has 82 valence electrons. The van der Waals surface area contributed by atoms with Gasteiger partial charge in [0.25, 0.3) is 0 Å². The fourth-order valence-corrected chi connectivity index (χ4v) is 3.55. The van der Waals surface area contributed by atoms with Crippen LogP contribution < -0.4 is 5.32 Å². The topological polar surface area (TPSA) is 32.3 Å². The van der Waals surface area contributed by atoms with Crippen molar-refractivity contribution >= 4 is 11.8 Å². The standard InChI is InChI=1S/C11H21NOS/c1-8-11(3-2-4-14-8)12-7-9-5-10(13)6-9/h8-13H,2-7H2,1H3. The summed E-state index contributed by atoms with van der Waals surface area (Å²) in [7, 11) is 0. The monoisotopic (exact) mass is 215 g/mol. The molecule has 2 fully saturated rings. The van der Waals surface area contributed by atoms with Gasteiger partial charge in [-0.2, -0.15) is 11.8 Å². The normalized spacial score (nSPS) is 43.3. The maximum absolute atomic E-state index is 9.18. The maximum Gasteiger partial charge on any atom is 0.0546 e. The molecule has 0 aromatic carbocycles. The molecule has 2 N–H and O–H groups in total. The minimum atomic E-state index is -0.0000423. The first-order valence-corrected chi connectivity index (χ1v) is 6.83. The number of nitrogens with one attached hydrogen (secondary N) is 1. The summed E-state index contributed by atoms with van der Waals surface area (Å²) in [4.78, 5) is 0. The molecule has 14 heavy (non-hydrogen) atoms. The van der Waals surface area contributed by atoms with Crippen molar-refractivity contribution in [2.45, 2.75) is 50.0 Å². The molecular weight excluding hydrogens is 194 g/mol. The molecule has 0 aromatic rings. The Balaban J connectivity index is 1.64. The molecule has 1 heterocycles.